The summed E-state index contributed by atoms with van der Waals surface area (Å²) < 4.78 is 50.6. The first-order chi connectivity index (χ1) is 15.5. The maximum absolute atomic E-state index is 12.8. The number of nitrogens with zero attached hydrogens (tertiary/aromatic N) is 2. The Morgan fingerprint density at radius 1 is 1.09 bits per heavy atom. The molecule has 2 rings (SSSR count). The van der Waals surface area contributed by atoms with Gasteiger partial charge in [0.05, 0.1) is 63.3 Å². The summed E-state index contributed by atoms with van der Waals surface area (Å²) in [5.41, 5.74) is 0.632. The van der Waals surface area contributed by atoms with Crippen LogP contribution in [-0.2, 0) is 24.2 Å². The Morgan fingerprint density at radius 3 is 2.34 bits per heavy atom. The van der Waals surface area contributed by atoms with Gasteiger partial charge in [-0.25, -0.2) is 13.0 Å². The lowest BCUT2D eigenvalue weighted by atomic mass is 10.3. The maximum Gasteiger partial charge on any atom is 0.243 e. The number of hydrogen-bond acceptors (Lipinski definition) is 7. The van der Waals surface area contributed by atoms with E-state index in [1.165, 1.54) is 30.6 Å². The minimum Gasteiger partial charge on any atom is -0.495 e. The van der Waals surface area contributed by atoms with Crippen LogP contribution < -0.4 is 10.1 Å². The zero-order valence-electron chi connectivity index (χ0n) is 18.7. The van der Waals surface area contributed by atoms with Crippen LogP contribution in [0.15, 0.2) is 35.4 Å². The molecule has 1 heterocycles. The number of benzene rings is 1. The van der Waals surface area contributed by atoms with Gasteiger partial charge < -0.3 is 24.3 Å². The minimum atomic E-state index is -3.68. The van der Waals surface area contributed by atoms with E-state index in [1.807, 2.05) is 18.5 Å². The number of terminal acetylenes is 1. The SMILES string of the molecule is C#CCNc1ccc(S(=O)(=O)N(C)CCOCCOCCOCC[N+]2=CC=C2)cc1OC. The average molecular weight is 467 g/mol. The van der Waals surface area contributed by atoms with E-state index in [-0.39, 0.29) is 18.0 Å². The normalized spacial score (nSPS) is 12.9. The summed E-state index contributed by atoms with van der Waals surface area (Å²) in [5, 5.41) is 2.99. The Hall–Kier alpha value is -2.42. The summed E-state index contributed by atoms with van der Waals surface area (Å²) in [4.78, 5) is 0.134. The van der Waals surface area contributed by atoms with Crippen molar-refractivity contribution in [2.24, 2.45) is 0 Å². The van der Waals surface area contributed by atoms with Crippen molar-refractivity contribution < 1.29 is 31.9 Å². The first-order valence-corrected chi connectivity index (χ1v) is 11.8. The predicted octanol–water partition coefficient (Wildman–Crippen LogP) is 1.02. The summed E-state index contributed by atoms with van der Waals surface area (Å²) in [6.07, 6.45) is 11.2. The van der Waals surface area contributed by atoms with E-state index in [9.17, 15) is 8.42 Å². The molecule has 10 heteroatoms. The predicted molar refractivity (Wildman–Crippen MR) is 123 cm³/mol. The Labute approximate surface area is 190 Å². The molecule has 1 aliphatic heterocycles. The highest BCUT2D eigenvalue weighted by molar-refractivity contribution is 7.89. The number of anilines is 1. The second-order valence-corrected chi connectivity index (χ2v) is 8.86. The van der Waals surface area contributed by atoms with Crippen molar-refractivity contribution in [2.45, 2.75) is 4.90 Å². The van der Waals surface area contributed by atoms with E-state index in [1.54, 1.807) is 6.07 Å². The number of hydrogen-bond donors (Lipinski definition) is 1. The van der Waals surface area contributed by atoms with Crippen molar-refractivity contribution in [3.05, 3.63) is 30.5 Å². The molecule has 1 aliphatic rings. The summed E-state index contributed by atoms with van der Waals surface area (Å²) in [5.74, 6) is 2.87. The van der Waals surface area contributed by atoms with Crippen molar-refractivity contribution in [3.63, 3.8) is 0 Å². The fourth-order valence-electron chi connectivity index (χ4n) is 2.69. The molecular formula is C22H32N3O6S+. The maximum atomic E-state index is 12.8. The second kappa shape index (κ2) is 13.9. The summed E-state index contributed by atoms with van der Waals surface area (Å²) in [6.45, 7) is 4.10. The van der Waals surface area contributed by atoms with Gasteiger partial charge in [-0.3, -0.25) is 0 Å². The van der Waals surface area contributed by atoms with Crippen LogP contribution in [0.1, 0.15) is 0 Å². The molecule has 1 aromatic rings. The molecule has 0 fully saturated rings. The van der Waals surface area contributed by atoms with Crippen LogP contribution in [0.3, 0.4) is 0 Å². The van der Waals surface area contributed by atoms with Gasteiger partial charge in [-0.15, -0.1) is 6.42 Å². The highest BCUT2D eigenvalue weighted by Gasteiger charge is 2.22. The van der Waals surface area contributed by atoms with Gasteiger partial charge in [0.25, 0.3) is 0 Å². The van der Waals surface area contributed by atoms with Gasteiger partial charge in [-0.2, -0.15) is 4.31 Å². The second-order valence-electron chi connectivity index (χ2n) is 6.81. The molecule has 0 aromatic heterocycles. The highest BCUT2D eigenvalue weighted by atomic mass is 32.2. The molecule has 9 nitrogen and oxygen atoms in total. The Morgan fingerprint density at radius 2 is 1.75 bits per heavy atom. The summed E-state index contributed by atoms with van der Waals surface area (Å²) in [7, 11) is -0.690. The van der Waals surface area contributed by atoms with E-state index < -0.39 is 10.0 Å². The Bertz CT molecular complexity index is 924. The summed E-state index contributed by atoms with van der Waals surface area (Å²) in [6, 6.07) is 4.62. The van der Waals surface area contributed by atoms with Crippen LogP contribution in [0, 0.1) is 12.3 Å². The highest BCUT2D eigenvalue weighted by Crippen LogP contribution is 2.28. The van der Waals surface area contributed by atoms with Crippen LogP contribution in [0.5, 0.6) is 5.75 Å². The Kier molecular flexibility index (Phi) is 11.2. The van der Waals surface area contributed by atoms with Gasteiger partial charge in [0.15, 0.2) is 19.0 Å². The molecule has 0 atom stereocenters. The van der Waals surface area contributed by atoms with E-state index in [0.29, 0.717) is 51.0 Å². The third kappa shape index (κ3) is 8.26. The smallest absolute Gasteiger partial charge is 0.243 e. The zero-order chi connectivity index (χ0) is 23.2. The average Bonchev–Trinajstić information content (AvgIpc) is 2.76. The molecule has 0 amide bonds. The molecule has 0 spiro atoms. The number of methoxy groups -OCH3 is 1. The van der Waals surface area contributed by atoms with E-state index in [2.05, 4.69) is 15.8 Å². The minimum absolute atomic E-state index is 0.134. The van der Waals surface area contributed by atoms with Crippen molar-refractivity contribution in [1.29, 1.82) is 0 Å². The molecule has 0 radical (unpaired) electrons. The third-order valence-electron chi connectivity index (χ3n) is 4.61. The van der Waals surface area contributed by atoms with E-state index in [0.717, 1.165) is 6.54 Å². The number of nitrogens with one attached hydrogen (secondary N) is 1. The van der Waals surface area contributed by atoms with Crippen LogP contribution in [0.25, 0.3) is 0 Å². The third-order valence-corrected chi connectivity index (χ3v) is 6.46. The quantitative estimate of drug-likeness (QED) is 0.208. The van der Waals surface area contributed by atoms with E-state index in [4.69, 9.17) is 25.4 Å². The monoisotopic (exact) mass is 466 g/mol. The van der Waals surface area contributed by atoms with Crippen molar-refractivity contribution >= 4 is 21.9 Å². The molecule has 1 aromatic carbocycles. The lowest BCUT2D eigenvalue weighted by Gasteiger charge is -2.18. The zero-order valence-corrected chi connectivity index (χ0v) is 19.5. The number of likely N-dealkylation sites (N-methyl/N-ethyl adjacent to an activating group) is 1. The van der Waals surface area contributed by atoms with Gasteiger partial charge in [0, 0.05) is 19.7 Å². The number of sulfonamides is 1. The topological polar surface area (TPSA) is 89.3 Å². The van der Waals surface area contributed by atoms with Crippen LogP contribution in [0.2, 0.25) is 0 Å². The van der Waals surface area contributed by atoms with Gasteiger partial charge in [-0.05, 0) is 12.1 Å². The molecule has 0 saturated carbocycles. The lowest BCUT2D eigenvalue weighted by Crippen LogP contribution is -2.30. The fraction of sp³-hybridized carbons (Fsp3) is 0.500. The van der Waals surface area contributed by atoms with Crippen LogP contribution in [0.4, 0.5) is 5.69 Å². The van der Waals surface area contributed by atoms with Crippen LogP contribution in [-0.4, -0.2) is 96.9 Å². The van der Waals surface area contributed by atoms with Gasteiger partial charge >= 0.3 is 0 Å². The van der Waals surface area contributed by atoms with Gasteiger partial charge in [0.2, 0.25) is 10.0 Å². The Balaban J connectivity index is 1.62. The fourth-order valence-corrected chi connectivity index (χ4v) is 3.86. The molecule has 0 aliphatic carbocycles. The van der Waals surface area contributed by atoms with Gasteiger partial charge in [-0.1, -0.05) is 5.92 Å². The number of rotatable bonds is 17. The summed E-state index contributed by atoms with van der Waals surface area (Å²) >= 11 is 0. The first kappa shape index (κ1) is 25.8. The standard InChI is InChI=1S/C22H32N3O6S/c1-4-8-23-21-7-6-20(19-22(21)28-3)32(26,27)24(2)11-13-29-15-17-31-18-16-30-14-12-25-9-5-10-25/h1,5-7,9-10,19,23H,8,11-18H2,2-3H3/q+1. The molecule has 0 unspecified atom stereocenters. The first-order valence-electron chi connectivity index (χ1n) is 10.3. The molecule has 1 N–H and O–H groups in total. The van der Waals surface area contributed by atoms with E-state index >= 15 is 0 Å². The van der Waals surface area contributed by atoms with Crippen molar-refractivity contribution in [3.8, 4) is 18.1 Å². The number of ether oxygens (including phenoxy) is 4. The molecular weight excluding hydrogens is 434 g/mol. The lowest BCUT2D eigenvalue weighted by molar-refractivity contribution is -0.465. The molecule has 176 valence electrons. The van der Waals surface area contributed by atoms with Crippen LogP contribution >= 0.6 is 0 Å². The van der Waals surface area contributed by atoms with Gasteiger partial charge in [0.1, 0.15) is 12.4 Å². The van der Waals surface area contributed by atoms with Crippen molar-refractivity contribution in [1.82, 2.24) is 4.31 Å². The molecule has 0 bridgehead atoms. The molecule has 0 saturated heterocycles. The van der Waals surface area contributed by atoms with Crippen molar-refractivity contribution in [2.75, 3.05) is 78.7 Å². The molecule has 32 heavy (non-hydrogen) atoms. The number of allylic oxidation sites excluding steroid dienone is 1. The largest absolute Gasteiger partial charge is 0.495 e.